The van der Waals surface area contributed by atoms with E-state index in [9.17, 15) is 0 Å². The molecule has 25 heavy (non-hydrogen) atoms. The van der Waals surface area contributed by atoms with E-state index in [1.807, 2.05) is 42.5 Å². The number of guanidine groups is 1. The summed E-state index contributed by atoms with van der Waals surface area (Å²) in [6.45, 7) is 1.45. The van der Waals surface area contributed by atoms with Crippen LogP contribution >= 0.6 is 11.6 Å². The summed E-state index contributed by atoms with van der Waals surface area (Å²) in [4.78, 5) is 4.24. The second-order valence-corrected chi connectivity index (χ2v) is 5.85. The molecular weight excluding hydrogens is 338 g/mol. The van der Waals surface area contributed by atoms with Crippen molar-refractivity contribution in [3.05, 3.63) is 58.6 Å². The van der Waals surface area contributed by atoms with Crippen LogP contribution in [-0.2, 0) is 13.0 Å². The lowest BCUT2D eigenvalue weighted by Gasteiger charge is -2.13. The molecule has 2 aromatic rings. The molecule has 0 heterocycles. The SMILES string of the molecule is CN=C(NCCc1ccc(OC)c(OC)c1)NCc1ccc(Cl)cc1. The lowest BCUT2D eigenvalue weighted by atomic mass is 10.1. The van der Waals surface area contributed by atoms with E-state index >= 15 is 0 Å². The summed E-state index contributed by atoms with van der Waals surface area (Å²) < 4.78 is 10.6. The standard InChI is InChI=1S/C19H24ClN3O2/c1-21-19(23-13-15-4-7-16(20)8-5-15)22-11-10-14-6-9-17(24-2)18(12-14)25-3/h4-9,12H,10-11,13H2,1-3H3,(H2,21,22,23). The van der Waals surface area contributed by atoms with Gasteiger partial charge in [-0.3, -0.25) is 4.99 Å². The van der Waals surface area contributed by atoms with Crippen LogP contribution in [0.4, 0.5) is 0 Å². The summed E-state index contributed by atoms with van der Waals surface area (Å²) in [5.74, 6) is 2.24. The smallest absolute Gasteiger partial charge is 0.191 e. The molecule has 0 aromatic heterocycles. The fraction of sp³-hybridized carbons (Fsp3) is 0.316. The van der Waals surface area contributed by atoms with E-state index < -0.39 is 0 Å². The number of ether oxygens (including phenoxy) is 2. The maximum absolute atomic E-state index is 5.90. The minimum Gasteiger partial charge on any atom is -0.493 e. The lowest BCUT2D eigenvalue weighted by Crippen LogP contribution is -2.37. The van der Waals surface area contributed by atoms with Crippen molar-refractivity contribution in [1.82, 2.24) is 10.6 Å². The molecule has 134 valence electrons. The van der Waals surface area contributed by atoms with Crippen LogP contribution in [0.25, 0.3) is 0 Å². The van der Waals surface area contributed by atoms with Crippen LogP contribution in [-0.4, -0.2) is 33.8 Å². The van der Waals surface area contributed by atoms with Crippen molar-refractivity contribution in [3.63, 3.8) is 0 Å². The summed E-state index contributed by atoms with van der Waals surface area (Å²) in [7, 11) is 5.03. The fourth-order valence-electron chi connectivity index (χ4n) is 2.37. The first kappa shape index (κ1) is 18.9. The second-order valence-electron chi connectivity index (χ2n) is 5.42. The summed E-state index contributed by atoms with van der Waals surface area (Å²) in [5.41, 5.74) is 2.31. The van der Waals surface area contributed by atoms with Crippen molar-refractivity contribution in [2.24, 2.45) is 4.99 Å². The molecule has 2 rings (SSSR count). The number of nitrogens with zero attached hydrogens (tertiary/aromatic N) is 1. The Morgan fingerprint density at radius 1 is 0.960 bits per heavy atom. The van der Waals surface area contributed by atoms with E-state index in [-0.39, 0.29) is 0 Å². The highest BCUT2D eigenvalue weighted by Crippen LogP contribution is 2.27. The van der Waals surface area contributed by atoms with Gasteiger partial charge in [-0.05, 0) is 41.8 Å². The lowest BCUT2D eigenvalue weighted by molar-refractivity contribution is 0.354. The van der Waals surface area contributed by atoms with E-state index in [1.54, 1.807) is 21.3 Å². The Kier molecular flexibility index (Phi) is 7.41. The van der Waals surface area contributed by atoms with Gasteiger partial charge in [-0.25, -0.2) is 0 Å². The first-order valence-corrected chi connectivity index (χ1v) is 8.44. The molecule has 0 aliphatic rings. The predicted octanol–water partition coefficient (Wildman–Crippen LogP) is 3.26. The van der Waals surface area contributed by atoms with Gasteiger partial charge < -0.3 is 20.1 Å². The van der Waals surface area contributed by atoms with Gasteiger partial charge in [0.2, 0.25) is 0 Å². The molecule has 0 bridgehead atoms. The fourth-order valence-corrected chi connectivity index (χ4v) is 2.50. The van der Waals surface area contributed by atoms with Gasteiger partial charge in [-0.1, -0.05) is 29.8 Å². The largest absolute Gasteiger partial charge is 0.493 e. The Morgan fingerprint density at radius 3 is 2.28 bits per heavy atom. The maximum atomic E-state index is 5.90. The summed E-state index contributed by atoms with van der Waals surface area (Å²) in [6.07, 6.45) is 0.849. The van der Waals surface area contributed by atoms with E-state index in [1.165, 1.54) is 5.56 Å². The van der Waals surface area contributed by atoms with Crippen LogP contribution in [0.1, 0.15) is 11.1 Å². The van der Waals surface area contributed by atoms with Crippen LogP contribution in [0.5, 0.6) is 11.5 Å². The van der Waals surface area contributed by atoms with Crippen molar-refractivity contribution in [3.8, 4) is 11.5 Å². The highest BCUT2D eigenvalue weighted by molar-refractivity contribution is 6.30. The number of aliphatic imine (C=N–C) groups is 1. The molecule has 2 N–H and O–H groups in total. The summed E-state index contributed by atoms with van der Waals surface area (Å²) >= 11 is 5.90. The Balaban J connectivity index is 1.82. The molecule has 0 aliphatic heterocycles. The van der Waals surface area contributed by atoms with Crippen molar-refractivity contribution >= 4 is 17.6 Å². The third-order valence-electron chi connectivity index (χ3n) is 3.75. The molecule has 0 saturated heterocycles. The first-order valence-electron chi connectivity index (χ1n) is 8.06. The van der Waals surface area contributed by atoms with Gasteiger partial charge in [-0.15, -0.1) is 0 Å². The Bertz CT molecular complexity index is 702. The molecule has 2 aromatic carbocycles. The number of nitrogens with one attached hydrogen (secondary N) is 2. The molecule has 0 saturated carbocycles. The zero-order valence-electron chi connectivity index (χ0n) is 14.8. The molecular formula is C19H24ClN3O2. The van der Waals surface area contributed by atoms with Crippen molar-refractivity contribution in [1.29, 1.82) is 0 Å². The van der Waals surface area contributed by atoms with Crippen molar-refractivity contribution in [2.45, 2.75) is 13.0 Å². The highest BCUT2D eigenvalue weighted by Gasteiger charge is 2.05. The summed E-state index contributed by atoms with van der Waals surface area (Å²) in [6, 6.07) is 13.7. The van der Waals surface area contributed by atoms with Gasteiger partial charge in [0.1, 0.15) is 0 Å². The van der Waals surface area contributed by atoms with E-state index in [2.05, 4.69) is 15.6 Å². The van der Waals surface area contributed by atoms with Gasteiger partial charge in [0.05, 0.1) is 14.2 Å². The number of hydrogen-bond donors (Lipinski definition) is 2. The minimum atomic E-state index is 0.688. The topological polar surface area (TPSA) is 54.9 Å². The van der Waals surface area contributed by atoms with Gasteiger partial charge in [0.15, 0.2) is 17.5 Å². The van der Waals surface area contributed by atoms with Crippen LogP contribution in [0, 0.1) is 0 Å². The third kappa shape index (κ3) is 5.87. The average molecular weight is 362 g/mol. The quantitative estimate of drug-likeness (QED) is 0.587. The van der Waals surface area contributed by atoms with Crippen LogP contribution in [0.2, 0.25) is 5.02 Å². The molecule has 0 amide bonds. The van der Waals surface area contributed by atoms with Crippen LogP contribution < -0.4 is 20.1 Å². The van der Waals surface area contributed by atoms with Crippen molar-refractivity contribution < 1.29 is 9.47 Å². The molecule has 5 nitrogen and oxygen atoms in total. The van der Waals surface area contributed by atoms with Gasteiger partial charge in [0, 0.05) is 25.2 Å². The van der Waals surface area contributed by atoms with Crippen molar-refractivity contribution in [2.75, 3.05) is 27.8 Å². The van der Waals surface area contributed by atoms with Crippen LogP contribution in [0.15, 0.2) is 47.5 Å². The number of benzene rings is 2. The van der Waals surface area contributed by atoms with E-state index in [4.69, 9.17) is 21.1 Å². The molecule has 0 radical (unpaired) electrons. The number of halogens is 1. The summed E-state index contributed by atoms with van der Waals surface area (Å²) in [5, 5.41) is 7.33. The Hall–Kier alpha value is -2.40. The molecule has 0 spiro atoms. The number of methoxy groups -OCH3 is 2. The Morgan fingerprint density at radius 2 is 1.64 bits per heavy atom. The average Bonchev–Trinajstić information content (AvgIpc) is 2.65. The monoisotopic (exact) mass is 361 g/mol. The van der Waals surface area contributed by atoms with Gasteiger partial charge >= 0.3 is 0 Å². The Labute approximate surface area is 154 Å². The molecule has 6 heteroatoms. The third-order valence-corrected chi connectivity index (χ3v) is 4.00. The molecule has 0 fully saturated rings. The van der Waals surface area contributed by atoms with E-state index in [0.717, 1.165) is 41.0 Å². The number of rotatable bonds is 7. The first-order chi connectivity index (χ1) is 12.2. The van der Waals surface area contributed by atoms with Gasteiger partial charge in [0.25, 0.3) is 0 Å². The number of hydrogen-bond acceptors (Lipinski definition) is 3. The zero-order chi connectivity index (χ0) is 18.1. The van der Waals surface area contributed by atoms with E-state index in [0.29, 0.717) is 6.54 Å². The predicted molar refractivity (Wildman–Crippen MR) is 103 cm³/mol. The van der Waals surface area contributed by atoms with Crippen LogP contribution in [0.3, 0.4) is 0 Å². The maximum Gasteiger partial charge on any atom is 0.191 e. The second kappa shape index (κ2) is 9.79. The zero-order valence-corrected chi connectivity index (χ0v) is 15.6. The normalized spacial score (nSPS) is 11.1. The molecule has 0 atom stereocenters. The highest BCUT2D eigenvalue weighted by atomic mass is 35.5. The minimum absolute atomic E-state index is 0.688. The van der Waals surface area contributed by atoms with Gasteiger partial charge in [-0.2, -0.15) is 0 Å². The molecule has 0 aliphatic carbocycles. The molecule has 0 unspecified atom stereocenters.